The molecule has 2 amide bonds. The van der Waals surface area contributed by atoms with E-state index in [9.17, 15) is 4.79 Å². The van der Waals surface area contributed by atoms with E-state index in [2.05, 4.69) is 20.9 Å². The lowest BCUT2D eigenvalue weighted by Crippen LogP contribution is -2.43. The lowest BCUT2D eigenvalue weighted by molar-refractivity contribution is 0.0794. The number of pyridine rings is 1. The molecular weight excluding hydrogens is 350 g/mol. The van der Waals surface area contributed by atoms with Crippen LogP contribution in [0.3, 0.4) is 0 Å². The molecular formula is C18H21N5O2S. The quantitative estimate of drug-likeness (QED) is 0.723. The Kier molecular flexibility index (Phi) is 5.12. The maximum Gasteiger partial charge on any atom is 0.318 e. The molecule has 1 aliphatic rings. The number of aromatic nitrogens is 3. The summed E-state index contributed by atoms with van der Waals surface area (Å²) in [5, 5.41) is 15.4. The summed E-state index contributed by atoms with van der Waals surface area (Å²) in [5.74, 6) is 0.710. The number of hydrogen-bond acceptors (Lipinski definition) is 5. The van der Waals surface area contributed by atoms with E-state index < -0.39 is 0 Å². The van der Waals surface area contributed by atoms with E-state index in [0.29, 0.717) is 25.5 Å². The van der Waals surface area contributed by atoms with Crippen molar-refractivity contribution in [3.05, 3.63) is 52.6 Å². The number of amides is 2. The molecule has 0 bridgehead atoms. The molecule has 1 atom stereocenters. The molecule has 8 heteroatoms. The van der Waals surface area contributed by atoms with Gasteiger partial charge in [0.15, 0.2) is 11.5 Å². The van der Waals surface area contributed by atoms with Gasteiger partial charge in [-0.2, -0.15) is 11.3 Å². The van der Waals surface area contributed by atoms with Crippen molar-refractivity contribution in [1.29, 1.82) is 0 Å². The first-order valence-corrected chi connectivity index (χ1v) is 9.68. The topological polar surface area (TPSA) is 71.8 Å². The van der Waals surface area contributed by atoms with Crippen LogP contribution in [0, 0.1) is 0 Å². The molecule has 1 fully saturated rings. The Labute approximate surface area is 155 Å². The largest absolute Gasteiger partial charge is 0.376 e. The summed E-state index contributed by atoms with van der Waals surface area (Å²) in [6, 6.07) is 7.66. The summed E-state index contributed by atoms with van der Waals surface area (Å²) < 4.78 is 7.59. The van der Waals surface area contributed by atoms with Gasteiger partial charge in [-0.3, -0.25) is 4.40 Å². The normalized spacial score (nSPS) is 16.8. The minimum Gasteiger partial charge on any atom is -0.376 e. The van der Waals surface area contributed by atoms with Gasteiger partial charge < -0.3 is 15.0 Å². The monoisotopic (exact) mass is 371 g/mol. The molecule has 1 saturated heterocycles. The SMILES string of the molecule is O=C(NCc1nnc2ccccn12)N(Cc1ccsc1)C[C@H]1CCCO1. The van der Waals surface area contributed by atoms with Crippen molar-refractivity contribution in [2.75, 3.05) is 13.2 Å². The van der Waals surface area contributed by atoms with E-state index in [1.807, 2.05) is 45.1 Å². The average Bonchev–Trinajstić information content (AvgIpc) is 3.41. The van der Waals surface area contributed by atoms with Gasteiger partial charge in [-0.25, -0.2) is 4.79 Å². The van der Waals surface area contributed by atoms with Crippen LogP contribution in [-0.4, -0.2) is 44.8 Å². The number of carbonyl (C=O) groups is 1. The Balaban J connectivity index is 1.42. The minimum absolute atomic E-state index is 0.112. The molecule has 136 valence electrons. The molecule has 1 N–H and O–H groups in total. The average molecular weight is 371 g/mol. The molecule has 1 aliphatic heterocycles. The second kappa shape index (κ2) is 7.84. The van der Waals surface area contributed by atoms with Crippen molar-refractivity contribution in [2.45, 2.75) is 32.0 Å². The molecule has 3 aromatic rings. The standard InChI is InChI=1S/C18H21N5O2S/c24-18(19-10-17-21-20-16-5-1-2-7-23(16)17)22(11-14-6-9-26-13-14)12-15-4-3-8-25-15/h1-2,5-7,9,13,15H,3-4,8,10-12H2,(H,19,24)/t15-/m1/s1. The van der Waals surface area contributed by atoms with Crippen molar-refractivity contribution in [1.82, 2.24) is 24.8 Å². The highest BCUT2D eigenvalue weighted by Crippen LogP contribution is 2.16. The highest BCUT2D eigenvalue weighted by atomic mass is 32.1. The van der Waals surface area contributed by atoms with Crippen LogP contribution in [-0.2, 0) is 17.8 Å². The van der Waals surface area contributed by atoms with E-state index in [0.717, 1.165) is 30.7 Å². The van der Waals surface area contributed by atoms with Crippen LogP contribution in [0.25, 0.3) is 5.65 Å². The van der Waals surface area contributed by atoms with Gasteiger partial charge in [-0.05, 0) is 47.4 Å². The van der Waals surface area contributed by atoms with E-state index in [1.54, 1.807) is 11.3 Å². The van der Waals surface area contributed by atoms with Gasteiger partial charge in [0.05, 0.1) is 12.6 Å². The number of nitrogens with zero attached hydrogens (tertiary/aromatic N) is 4. The zero-order chi connectivity index (χ0) is 17.8. The maximum atomic E-state index is 12.8. The number of urea groups is 1. The Morgan fingerprint density at radius 2 is 2.35 bits per heavy atom. The molecule has 7 nitrogen and oxygen atoms in total. The second-order valence-corrected chi connectivity index (χ2v) is 7.13. The first-order chi connectivity index (χ1) is 12.8. The molecule has 3 aromatic heterocycles. The predicted molar refractivity (Wildman–Crippen MR) is 98.9 cm³/mol. The van der Waals surface area contributed by atoms with Gasteiger partial charge in [-0.1, -0.05) is 6.07 Å². The van der Waals surface area contributed by atoms with Crippen molar-refractivity contribution in [2.24, 2.45) is 0 Å². The third-order valence-electron chi connectivity index (χ3n) is 4.47. The number of ether oxygens (including phenoxy) is 1. The molecule has 0 saturated carbocycles. The van der Waals surface area contributed by atoms with Gasteiger partial charge in [0.1, 0.15) is 0 Å². The highest BCUT2D eigenvalue weighted by Gasteiger charge is 2.23. The van der Waals surface area contributed by atoms with Gasteiger partial charge in [0.2, 0.25) is 0 Å². The number of hydrogen-bond donors (Lipinski definition) is 1. The number of thiophene rings is 1. The summed E-state index contributed by atoms with van der Waals surface area (Å²) in [7, 11) is 0. The summed E-state index contributed by atoms with van der Waals surface area (Å²) >= 11 is 1.64. The Morgan fingerprint density at radius 3 is 3.15 bits per heavy atom. The van der Waals surface area contributed by atoms with Gasteiger partial charge >= 0.3 is 6.03 Å². The summed E-state index contributed by atoms with van der Waals surface area (Å²) in [5.41, 5.74) is 1.90. The van der Waals surface area contributed by atoms with Crippen LogP contribution in [0.5, 0.6) is 0 Å². The van der Waals surface area contributed by atoms with Crippen LogP contribution in [0.15, 0.2) is 41.2 Å². The number of rotatable bonds is 6. The number of nitrogens with one attached hydrogen (secondary N) is 1. The Bertz CT molecular complexity index is 857. The third kappa shape index (κ3) is 3.86. The molecule has 0 spiro atoms. The predicted octanol–water partition coefficient (Wildman–Crippen LogP) is 2.68. The molecule has 4 heterocycles. The van der Waals surface area contributed by atoms with Crippen LogP contribution >= 0.6 is 11.3 Å². The molecule has 0 unspecified atom stereocenters. The zero-order valence-corrected chi connectivity index (χ0v) is 15.2. The third-order valence-corrected chi connectivity index (χ3v) is 5.20. The molecule has 0 aliphatic carbocycles. The fourth-order valence-electron chi connectivity index (χ4n) is 3.13. The molecule has 4 rings (SSSR count). The van der Waals surface area contributed by atoms with Gasteiger partial charge in [0.25, 0.3) is 0 Å². The minimum atomic E-state index is -0.112. The summed E-state index contributed by atoms with van der Waals surface area (Å²) in [6.45, 7) is 2.29. The van der Waals surface area contributed by atoms with E-state index >= 15 is 0 Å². The van der Waals surface area contributed by atoms with Gasteiger partial charge in [0, 0.05) is 25.9 Å². The fourth-order valence-corrected chi connectivity index (χ4v) is 3.79. The zero-order valence-electron chi connectivity index (χ0n) is 14.4. The van der Waals surface area contributed by atoms with E-state index in [-0.39, 0.29) is 12.1 Å². The fraction of sp³-hybridized carbons (Fsp3) is 0.389. The summed E-state index contributed by atoms with van der Waals surface area (Å²) in [4.78, 5) is 14.6. The molecule has 0 aromatic carbocycles. The lowest BCUT2D eigenvalue weighted by atomic mass is 10.2. The molecule has 0 radical (unpaired) electrons. The van der Waals surface area contributed by atoms with E-state index in [4.69, 9.17) is 4.74 Å². The van der Waals surface area contributed by atoms with Gasteiger partial charge in [-0.15, -0.1) is 10.2 Å². The van der Waals surface area contributed by atoms with Crippen molar-refractivity contribution >= 4 is 23.0 Å². The van der Waals surface area contributed by atoms with Crippen molar-refractivity contribution < 1.29 is 9.53 Å². The van der Waals surface area contributed by atoms with Crippen LogP contribution in [0.2, 0.25) is 0 Å². The Hall–Kier alpha value is -2.45. The lowest BCUT2D eigenvalue weighted by Gasteiger charge is -2.25. The maximum absolute atomic E-state index is 12.8. The first kappa shape index (κ1) is 17.0. The Morgan fingerprint density at radius 1 is 1.38 bits per heavy atom. The van der Waals surface area contributed by atoms with E-state index in [1.165, 1.54) is 0 Å². The highest BCUT2D eigenvalue weighted by molar-refractivity contribution is 7.07. The van der Waals surface area contributed by atoms with Crippen molar-refractivity contribution in [3.8, 4) is 0 Å². The van der Waals surface area contributed by atoms with Crippen LogP contribution in [0.1, 0.15) is 24.2 Å². The van der Waals surface area contributed by atoms with Crippen LogP contribution in [0.4, 0.5) is 4.79 Å². The van der Waals surface area contributed by atoms with Crippen molar-refractivity contribution in [3.63, 3.8) is 0 Å². The number of fused-ring (bicyclic) bond motifs is 1. The number of carbonyl (C=O) groups excluding carboxylic acids is 1. The first-order valence-electron chi connectivity index (χ1n) is 8.74. The van der Waals surface area contributed by atoms with Crippen LogP contribution < -0.4 is 5.32 Å². The summed E-state index contributed by atoms with van der Waals surface area (Å²) in [6.07, 6.45) is 4.08. The second-order valence-electron chi connectivity index (χ2n) is 6.35. The molecule has 26 heavy (non-hydrogen) atoms. The smallest absolute Gasteiger partial charge is 0.318 e.